The van der Waals surface area contributed by atoms with Crippen LogP contribution in [-0.4, -0.2) is 29.1 Å². The molecule has 1 saturated carbocycles. The number of aliphatic hydroxyl groups is 1. The van der Waals surface area contributed by atoms with Crippen LogP contribution in [-0.2, 0) is 12.8 Å². The van der Waals surface area contributed by atoms with E-state index in [4.69, 9.17) is 0 Å². The van der Waals surface area contributed by atoms with E-state index in [2.05, 4.69) is 22.4 Å². The van der Waals surface area contributed by atoms with Crippen LogP contribution in [0.25, 0.3) is 0 Å². The topological polar surface area (TPSA) is 62.2 Å². The first-order chi connectivity index (χ1) is 10.7. The smallest absolute Gasteiger partial charge is 0.270 e. The fourth-order valence-corrected chi connectivity index (χ4v) is 3.13. The summed E-state index contributed by atoms with van der Waals surface area (Å²) in [4.78, 5) is 16.5. The van der Waals surface area contributed by atoms with E-state index >= 15 is 0 Å². The molecule has 0 aliphatic heterocycles. The van der Waals surface area contributed by atoms with Crippen LogP contribution >= 0.6 is 11.3 Å². The van der Waals surface area contributed by atoms with Crippen molar-refractivity contribution in [3.63, 3.8) is 0 Å². The molecule has 0 spiro atoms. The number of hydrogen-bond acceptors (Lipinski definition) is 4. The molecular formula is C17H20N2O2S. The first kappa shape index (κ1) is 15.2. The lowest BCUT2D eigenvalue weighted by Gasteiger charge is -2.11. The highest BCUT2D eigenvalue weighted by Gasteiger charge is 2.42. The van der Waals surface area contributed by atoms with Crippen LogP contribution in [0.3, 0.4) is 0 Å². The van der Waals surface area contributed by atoms with Crippen LogP contribution in [0.1, 0.15) is 33.9 Å². The highest BCUT2D eigenvalue weighted by Crippen LogP contribution is 2.44. The molecule has 4 nitrogen and oxygen atoms in total. The summed E-state index contributed by atoms with van der Waals surface area (Å²) < 4.78 is 0. The van der Waals surface area contributed by atoms with Gasteiger partial charge in [0, 0.05) is 23.8 Å². The van der Waals surface area contributed by atoms with E-state index in [9.17, 15) is 9.90 Å². The van der Waals surface area contributed by atoms with Gasteiger partial charge in [0.2, 0.25) is 0 Å². The molecule has 2 aromatic rings. The summed E-state index contributed by atoms with van der Waals surface area (Å²) in [6.07, 6.45) is 3.76. The Morgan fingerprint density at radius 3 is 2.73 bits per heavy atom. The Morgan fingerprint density at radius 1 is 1.27 bits per heavy atom. The second-order valence-electron chi connectivity index (χ2n) is 5.95. The number of benzene rings is 1. The van der Waals surface area contributed by atoms with Gasteiger partial charge in [0.05, 0.1) is 11.6 Å². The standard InChI is InChI=1S/C17H20N2O2S/c20-12-17(8-9-17)11-18-16(21)14-10-22-15(19-14)7-6-13-4-2-1-3-5-13/h1-5,10,20H,6-9,11-12H2,(H,18,21). The van der Waals surface area contributed by atoms with Crippen molar-refractivity contribution < 1.29 is 9.90 Å². The molecule has 1 fully saturated rings. The molecule has 0 unspecified atom stereocenters. The monoisotopic (exact) mass is 316 g/mol. The molecule has 0 radical (unpaired) electrons. The number of carbonyl (C=O) groups is 1. The first-order valence-corrected chi connectivity index (χ1v) is 8.46. The van der Waals surface area contributed by atoms with Gasteiger partial charge in [-0.05, 0) is 24.8 Å². The van der Waals surface area contributed by atoms with E-state index in [1.807, 2.05) is 23.6 Å². The molecule has 116 valence electrons. The summed E-state index contributed by atoms with van der Waals surface area (Å²) in [5.41, 5.74) is 1.70. The maximum Gasteiger partial charge on any atom is 0.270 e. The molecule has 1 amide bonds. The first-order valence-electron chi connectivity index (χ1n) is 7.58. The minimum absolute atomic E-state index is 0.0676. The zero-order valence-corrected chi connectivity index (χ0v) is 13.2. The van der Waals surface area contributed by atoms with Gasteiger partial charge in [0.25, 0.3) is 5.91 Å². The molecule has 5 heteroatoms. The van der Waals surface area contributed by atoms with Crippen LogP contribution in [0.4, 0.5) is 0 Å². The van der Waals surface area contributed by atoms with Gasteiger partial charge in [0.15, 0.2) is 0 Å². The molecule has 1 aliphatic rings. The van der Waals surface area contributed by atoms with Gasteiger partial charge in [-0.1, -0.05) is 30.3 Å². The number of aliphatic hydroxyl groups excluding tert-OH is 1. The van der Waals surface area contributed by atoms with Gasteiger partial charge in [-0.15, -0.1) is 11.3 Å². The van der Waals surface area contributed by atoms with Gasteiger partial charge in [-0.2, -0.15) is 0 Å². The Kier molecular flexibility index (Phi) is 4.55. The lowest BCUT2D eigenvalue weighted by atomic mass is 10.1. The molecule has 2 N–H and O–H groups in total. The van der Waals surface area contributed by atoms with Crippen molar-refractivity contribution in [3.8, 4) is 0 Å². The quantitative estimate of drug-likeness (QED) is 0.825. The molecule has 1 aliphatic carbocycles. The third kappa shape index (κ3) is 3.72. The highest BCUT2D eigenvalue weighted by molar-refractivity contribution is 7.09. The van der Waals surface area contributed by atoms with Crippen LogP contribution in [0.15, 0.2) is 35.7 Å². The van der Waals surface area contributed by atoms with Crippen molar-refractivity contribution in [2.45, 2.75) is 25.7 Å². The number of amides is 1. The van der Waals surface area contributed by atoms with E-state index in [1.165, 1.54) is 16.9 Å². The zero-order valence-electron chi connectivity index (χ0n) is 12.4. The number of thiazole rings is 1. The van der Waals surface area contributed by atoms with E-state index in [-0.39, 0.29) is 17.9 Å². The van der Waals surface area contributed by atoms with Crippen LogP contribution in [0.2, 0.25) is 0 Å². The molecule has 22 heavy (non-hydrogen) atoms. The molecule has 3 rings (SSSR count). The number of rotatable bonds is 7. The lowest BCUT2D eigenvalue weighted by Crippen LogP contribution is -2.32. The minimum Gasteiger partial charge on any atom is -0.396 e. The van der Waals surface area contributed by atoms with Gasteiger partial charge in [0.1, 0.15) is 5.69 Å². The van der Waals surface area contributed by atoms with Crippen molar-refractivity contribution in [2.24, 2.45) is 5.41 Å². The molecule has 1 aromatic carbocycles. The van der Waals surface area contributed by atoms with Crippen molar-refractivity contribution in [1.29, 1.82) is 0 Å². The largest absolute Gasteiger partial charge is 0.396 e. The average molecular weight is 316 g/mol. The Bertz CT molecular complexity index is 635. The fraction of sp³-hybridized carbons (Fsp3) is 0.412. The molecule has 0 saturated heterocycles. The molecule has 0 bridgehead atoms. The van der Waals surface area contributed by atoms with Crippen LogP contribution < -0.4 is 5.32 Å². The number of aryl methyl sites for hydroxylation is 2. The Morgan fingerprint density at radius 2 is 2.05 bits per heavy atom. The minimum atomic E-state index is -0.137. The van der Waals surface area contributed by atoms with E-state index in [0.29, 0.717) is 12.2 Å². The summed E-state index contributed by atoms with van der Waals surface area (Å²) in [5, 5.41) is 14.9. The lowest BCUT2D eigenvalue weighted by molar-refractivity contribution is 0.0930. The third-order valence-electron chi connectivity index (χ3n) is 4.17. The van der Waals surface area contributed by atoms with Crippen LogP contribution in [0, 0.1) is 5.41 Å². The molecular weight excluding hydrogens is 296 g/mol. The van der Waals surface area contributed by atoms with E-state index < -0.39 is 0 Å². The number of hydrogen-bond donors (Lipinski definition) is 2. The van der Waals surface area contributed by atoms with Gasteiger partial charge in [-0.3, -0.25) is 4.79 Å². The van der Waals surface area contributed by atoms with E-state index in [0.717, 1.165) is 30.7 Å². The summed E-state index contributed by atoms with van der Waals surface area (Å²) in [6, 6.07) is 10.3. The summed E-state index contributed by atoms with van der Waals surface area (Å²) in [5.74, 6) is -0.137. The van der Waals surface area contributed by atoms with Gasteiger partial charge >= 0.3 is 0 Å². The summed E-state index contributed by atoms with van der Waals surface area (Å²) >= 11 is 1.53. The summed E-state index contributed by atoms with van der Waals surface area (Å²) in [6.45, 7) is 0.686. The number of nitrogens with zero attached hydrogens (tertiary/aromatic N) is 1. The fourth-order valence-electron chi connectivity index (χ4n) is 2.35. The Labute approximate surface area is 134 Å². The van der Waals surface area contributed by atoms with Gasteiger partial charge in [-0.25, -0.2) is 4.98 Å². The number of carbonyl (C=O) groups excluding carboxylic acids is 1. The molecule has 0 atom stereocenters. The SMILES string of the molecule is O=C(NCC1(CO)CC1)c1csc(CCc2ccccc2)n1. The highest BCUT2D eigenvalue weighted by atomic mass is 32.1. The predicted molar refractivity (Wildman–Crippen MR) is 87.1 cm³/mol. The Hall–Kier alpha value is -1.72. The van der Waals surface area contributed by atoms with E-state index in [1.54, 1.807) is 0 Å². The van der Waals surface area contributed by atoms with Crippen LogP contribution in [0.5, 0.6) is 0 Å². The normalized spacial score (nSPS) is 15.5. The van der Waals surface area contributed by atoms with Crippen molar-refractivity contribution in [1.82, 2.24) is 10.3 Å². The zero-order chi connectivity index (χ0) is 15.4. The molecule has 1 heterocycles. The van der Waals surface area contributed by atoms with Crippen molar-refractivity contribution in [2.75, 3.05) is 13.2 Å². The van der Waals surface area contributed by atoms with Crippen molar-refractivity contribution >= 4 is 17.2 Å². The third-order valence-corrected chi connectivity index (χ3v) is 5.08. The number of aromatic nitrogens is 1. The number of nitrogens with one attached hydrogen (secondary N) is 1. The Balaban J connectivity index is 1.51. The second-order valence-corrected chi connectivity index (χ2v) is 6.90. The predicted octanol–water partition coefficient (Wildman–Crippen LogP) is 2.43. The molecule has 1 aromatic heterocycles. The average Bonchev–Trinajstić information content (AvgIpc) is 3.20. The van der Waals surface area contributed by atoms with Gasteiger partial charge < -0.3 is 10.4 Å². The maximum atomic E-state index is 12.1. The second kappa shape index (κ2) is 6.58. The maximum absolute atomic E-state index is 12.1. The summed E-state index contributed by atoms with van der Waals surface area (Å²) in [7, 11) is 0. The van der Waals surface area contributed by atoms with Crippen molar-refractivity contribution in [3.05, 3.63) is 52.0 Å².